The second-order valence-electron chi connectivity index (χ2n) is 5.40. The topological polar surface area (TPSA) is 100 Å². The number of nitrogens with one attached hydrogen (secondary N) is 1. The van der Waals surface area contributed by atoms with Crippen LogP contribution in [-0.2, 0) is 6.18 Å². The largest absolute Gasteiger partial charge is 0.508 e. The van der Waals surface area contributed by atoms with Crippen molar-refractivity contribution in [3.63, 3.8) is 0 Å². The van der Waals surface area contributed by atoms with E-state index in [1.807, 2.05) is 0 Å². The second-order valence-corrected chi connectivity index (χ2v) is 5.40. The maximum atomic E-state index is 13.5. The summed E-state index contributed by atoms with van der Waals surface area (Å²) in [6.07, 6.45) is -4.68. The lowest BCUT2D eigenvalue weighted by atomic mass is 10.1. The molecule has 0 aliphatic carbocycles. The second kappa shape index (κ2) is 5.76. The Hall–Kier alpha value is -3.56. The third-order valence-corrected chi connectivity index (χ3v) is 3.68. The number of H-pyrrole nitrogens is 1. The van der Waals surface area contributed by atoms with Crippen molar-refractivity contribution >= 4 is 11.0 Å². The summed E-state index contributed by atoms with van der Waals surface area (Å²) in [5, 5.41) is 22.9. The lowest BCUT2D eigenvalue weighted by molar-refractivity contribution is -0.140. The van der Waals surface area contributed by atoms with Gasteiger partial charge < -0.3 is 5.11 Å². The van der Waals surface area contributed by atoms with E-state index < -0.39 is 11.9 Å². The molecule has 0 fully saturated rings. The summed E-state index contributed by atoms with van der Waals surface area (Å²) in [5.41, 5.74) is -0.402. The highest BCUT2D eigenvalue weighted by Gasteiger charge is 2.37. The molecule has 0 radical (unpaired) electrons. The van der Waals surface area contributed by atoms with Crippen LogP contribution in [0.25, 0.3) is 33.7 Å². The molecule has 4 aromatic rings. The van der Waals surface area contributed by atoms with Crippen LogP contribution in [0, 0.1) is 0 Å². The van der Waals surface area contributed by atoms with Gasteiger partial charge in [-0.05, 0) is 17.3 Å². The van der Waals surface area contributed by atoms with Gasteiger partial charge in [-0.25, -0.2) is 9.97 Å². The summed E-state index contributed by atoms with van der Waals surface area (Å²) in [6.45, 7) is 0. The summed E-state index contributed by atoms with van der Waals surface area (Å²) in [7, 11) is 0. The molecular weight excluding hydrogens is 349 g/mol. The molecule has 0 atom stereocenters. The van der Waals surface area contributed by atoms with Crippen molar-refractivity contribution in [2.75, 3.05) is 0 Å². The van der Waals surface area contributed by atoms with Crippen LogP contribution in [-0.4, -0.2) is 35.7 Å². The van der Waals surface area contributed by atoms with Crippen molar-refractivity contribution in [2.24, 2.45) is 0 Å². The maximum Gasteiger partial charge on any atom is 0.435 e. The monoisotopic (exact) mass is 358 g/mol. The number of rotatable bonds is 2. The minimum Gasteiger partial charge on any atom is -0.508 e. The first-order valence-electron chi connectivity index (χ1n) is 7.34. The van der Waals surface area contributed by atoms with E-state index in [0.717, 1.165) is 0 Å². The number of hydrogen-bond donors (Lipinski definition) is 2. The predicted molar refractivity (Wildman–Crippen MR) is 84.8 cm³/mol. The first kappa shape index (κ1) is 15.9. The summed E-state index contributed by atoms with van der Waals surface area (Å²) in [5.74, 6) is 0.215. The van der Waals surface area contributed by atoms with Crippen LogP contribution in [0.2, 0.25) is 0 Å². The molecule has 26 heavy (non-hydrogen) atoms. The van der Waals surface area contributed by atoms with Gasteiger partial charge in [0.25, 0.3) is 0 Å². The fourth-order valence-corrected chi connectivity index (χ4v) is 2.50. The average molecular weight is 358 g/mol. The molecule has 2 heterocycles. The Balaban J connectivity index is 1.88. The molecule has 7 nitrogen and oxygen atoms in total. The number of halogens is 3. The number of fused-ring (bicyclic) bond motifs is 1. The zero-order chi connectivity index (χ0) is 18.3. The molecule has 2 N–H and O–H groups in total. The Morgan fingerprint density at radius 2 is 1.62 bits per heavy atom. The molecule has 130 valence electrons. The van der Waals surface area contributed by atoms with Gasteiger partial charge in [0.1, 0.15) is 11.4 Å². The van der Waals surface area contributed by atoms with Crippen molar-refractivity contribution < 1.29 is 18.3 Å². The molecule has 0 aliphatic heterocycles. The van der Waals surface area contributed by atoms with Gasteiger partial charge in [-0.15, -0.1) is 10.2 Å². The van der Waals surface area contributed by atoms with E-state index in [0.29, 0.717) is 11.4 Å². The zero-order valence-corrected chi connectivity index (χ0v) is 12.9. The molecular formula is C16H9F3N6O. The number of alkyl halides is 3. The Bertz CT molecular complexity index is 1080. The molecule has 2 aromatic carbocycles. The molecule has 0 unspecified atom stereocenters. The van der Waals surface area contributed by atoms with Crippen molar-refractivity contribution in [1.29, 1.82) is 0 Å². The number of benzene rings is 2. The first-order chi connectivity index (χ1) is 12.4. The standard InChI is InChI=1S/C16H9F3N6O/c17-16(18,19)14-13(20-12-7-10(26)5-6-11(12)21-14)8-1-3-9(4-2-8)15-22-24-25-23-15/h1-7,26H,(H,22,23,24,25). The minimum atomic E-state index is -4.68. The lowest BCUT2D eigenvalue weighted by Crippen LogP contribution is -2.12. The highest BCUT2D eigenvalue weighted by molar-refractivity contribution is 5.80. The van der Waals surface area contributed by atoms with Crippen LogP contribution in [0.5, 0.6) is 5.75 Å². The number of aromatic hydroxyl groups is 1. The number of phenolic OH excluding ortho intramolecular Hbond substituents is 1. The van der Waals surface area contributed by atoms with Crippen molar-refractivity contribution in [3.05, 3.63) is 48.2 Å². The summed E-state index contributed by atoms with van der Waals surface area (Å²) in [6, 6.07) is 9.88. The number of nitrogens with zero attached hydrogens (tertiary/aromatic N) is 5. The molecule has 10 heteroatoms. The third kappa shape index (κ3) is 2.81. The van der Waals surface area contributed by atoms with Gasteiger partial charge in [0.05, 0.1) is 11.0 Å². The number of aromatic nitrogens is 6. The van der Waals surface area contributed by atoms with E-state index in [1.165, 1.54) is 30.3 Å². The smallest absolute Gasteiger partial charge is 0.435 e. The van der Waals surface area contributed by atoms with Gasteiger partial charge in [-0.1, -0.05) is 24.3 Å². The first-order valence-corrected chi connectivity index (χ1v) is 7.34. The highest BCUT2D eigenvalue weighted by atomic mass is 19.4. The minimum absolute atomic E-state index is 0.0438. The molecule has 0 bridgehead atoms. The summed E-state index contributed by atoms with van der Waals surface area (Å²) < 4.78 is 40.4. The van der Waals surface area contributed by atoms with Gasteiger partial charge in [0, 0.05) is 17.2 Å². The molecule has 0 aliphatic rings. The van der Waals surface area contributed by atoms with Crippen molar-refractivity contribution in [2.45, 2.75) is 6.18 Å². The quantitative estimate of drug-likeness (QED) is 0.571. The Labute approximate surface area is 143 Å². The molecule has 4 rings (SSSR count). The highest BCUT2D eigenvalue weighted by Crippen LogP contribution is 2.36. The van der Waals surface area contributed by atoms with E-state index in [1.54, 1.807) is 12.1 Å². The van der Waals surface area contributed by atoms with Crippen LogP contribution in [0.4, 0.5) is 13.2 Å². The van der Waals surface area contributed by atoms with E-state index >= 15 is 0 Å². The molecule has 0 saturated heterocycles. The van der Waals surface area contributed by atoms with E-state index in [2.05, 4.69) is 30.6 Å². The van der Waals surface area contributed by atoms with Crippen LogP contribution in [0.15, 0.2) is 42.5 Å². The molecule has 0 saturated carbocycles. The number of hydrogen-bond acceptors (Lipinski definition) is 6. The van der Waals surface area contributed by atoms with Crippen molar-refractivity contribution in [1.82, 2.24) is 30.6 Å². The normalized spacial score (nSPS) is 11.8. The third-order valence-electron chi connectivity index (χ3n) is 3.68. The fourth-order valence-electron chi connectivity index (χ4n) is 2.50. The Kier molecular flexibility index (Phi) is 3.53. The van der Waals surface area contributed by atoms with Crippen LogP contribution in [0.1, 0.15) is 5.69 Å². The number of phenols is 1. The number of tetrazole rings is 1. The van der Waals surface area contributed by atoms with Gasteiger partial charge in [0.15, 0.2) is 5.69 Å². The SMILES string of the molecule is Oc1ccc2nc(C(F)(F)F)c(-c3ccc(-c4nn[nH]n4)cc3)nc2c1. The Morgan fingerprint density at radius 1 is 0.885 bits per heavy atom. The molecule has 2 aromatic heterocycles. The maximum absolute atomic E-state index is 13.5. The zero-order valence-electron chi connectivity index (χ0n) is 12.9. The molecule has 0 amide bonds. The van der Waals surface area contributed by atoms with Crippen LogP contribution < -0.4 is 0 Å². The van der Waals surface area contributed by atoms with E-state index in [-0.39, 0.29) is 28.0 Å². The van der Waals surface area contributed by atoms with Crippen LogP contribution >= 0.6 is 0 Å². The summed E-state index contributed by atoms with van der Waals surface area (Å²) >= 11 is 0. The summed E-state index contributed by atoms with van der Waals surface area (Å²) in [4.78, 5) is 7.77. The number of aromatic amines is 1. The van der Waals surface area contributed by atoms with Crippen LogP contribution in [0.3, 0.4) is 0 Å². The molecule has 0 spiro atoms. The van der Waals surface area contributed by atoms with E-state index in [9.17, 15) is 18.3 Å². The van der Waals surface area contributed by atoms with E-state index in [4.69, 9.17) is 0 Å². The Morgan fingerprint density at radius 3 is 2.27 bits per heavy atom. The van der Waals surface area contributed by atoms with Gasteiger partial charge in [-0.2, -0.15) is 18.4 Å². The average Bonchev–Trinajstić information content (AvgIpc) is 3.14. The van der Waals surface area contributed by atoms with Gasteiger partial charge >= 0.3 is 6.18 Å². The van der Waals surface area contributed by atoms with Gasteiger partial charge in [-0.3, -0.25) is 0 Å². The fraction of sp³-hybridized carbons (Fsp3) is 0.0625. The van der Waals surface area contributed by atoms with Crippen molar-refractivity contribution in [3.8, 4) is 28.4 Å². The predicted octanol–water partition coefficient (Wildman–Crippen LogP) is 3.20. The van der Waals surface area contributed by atoms with Gasteiger partial charge in [0.2, 0.25) is 5.82 Å². The lowest BCUT2D eigenvalue weighted by Gasteiger charge is -2.13.